The third-order valence-corrected chi connectivity index (χ3v) is 5.05. The molecule has 0 saturated heterocycles. The molecule has 148 valence electrons. The van der Waals surface area contributed by atoms with Crippen LogP contribution in [0.5, 0.6) is 0 Å². The number of hydrogen-bond acceptors (Lipinski definition) is 5. The molecule has 0 atom stereocenters. The molecule has 0 saturated carbocycles. The van der Waals surface area contributed by atoms with Crippen molar-refractivity contribution >= 4 is 29.3 Å². The number of aromatic nitrogens is 1. The Labute approximate surface area is 169 Å². The Morgan fingerprint density at radius 1 is 1.39 bits per heavy atom. The van der Waals surface area contributed by atoms with E-state index in [1.165, 1.54) is 17.4 Å². The number of carbonyl (C=O) groups excluding carboxylic acids is 2. The van der Waals surface area contributed by atoms with E-state index in [0.717, 1.165) is 28.4 Å². The molecule has 2 rings (SSSR count). The normalized spacial score (nSPS) is 11.4. The summed E-state index contributed by atoms with van der Waals surface area (Å²) >= 11 is 1.53. The van der Waals surface area contributed by atoms with E-state index in [9.17, 15) is 14.9 Å². The maximum Gasteiger partial charge on any atom is 0.349 e. The average molecular weight is 400 g/mol. The zero-order valence-corrected chi connectivity index (χ0v) is 17.4. The topological polar surface area (TPSA) is 84.1 Å². The SMILES string of the molecule is Cc1cc(C=C(C#N)C(=O)OCC(=O)NCc2cccs2)c(C)n1CC(C)C. The molecule has 6 nitrogen and oxygen atoms in total. The second-order valence-electron chi connectivity index (χ2n) is 6.93. The van der Waals surface area contributed by atoms with Crippen molar-refractivity contribution in [3.8, 4) is 6.07 Å². The molecule has 0 aliphatic carbocycles. The third kappa shape index (κ3) is 5.83. The first-order chi connectivity index (χ1) is 13.3. The maximum absolute atomic E-state index is 12.2. The van der Waals surface area contributed by atoms with Gasteiger partial charge in [-0.15, -0.1) is 11.3 Å². The van der Waals surface area contributed by atoms with Crippen molar-refractivity contribution in [2.24, 2.45) is 5.92 Å². The fraction of sp³-hybridized carbons (Fsp3) is 0.381. The Kier molecular flexibility index (Phi) is 7.59. The molecule has 2 aromatic heterocycles. The van der Waals surface area contributed by atoms with E-state index < -0.39 is 18.5 Å². The van der Waals surface area contributed by atoms with Crippen molar-refractivity contribution in [1.82, 2.24) is 9.88 Å². The molecule has 0 aliphatic heterocycles. The van der Waals surface area contributed by atoms with Crippen LogP contribution in [-0.2, 0) is 27.4 Å². The van der Waals surface area contributed by atoms with Gasteiger partial charge in [-0.3, -0.25) is 4.79 Å². The first-order valence-electron chi connectivity index (χ1n) is 9.06. The first kappa shape index (κ1) is 21.5. The number of nitrogens with one attached hydrogen (secondary N) is 1. The Morgan fingerprint density at radius 2 is 2.14 bits per heavy atom. The molecule has 0 bridgehead atoms. The van der Waals surface area contributed by atoms with Crippen LogP contribution in [0.3, 0.4) is 0 Å². The summed E-state index contributed by atoms with van der Waals surface area (Å²) < 4.78 is 7.16. The summed E-state index contributed by atoms with van der Waals surface area (Å²) in [5, 5.41) is 13.9. The fourth-order valence-electron chi connectivity index (χ4n) is 2.77. The Hall–Kier alpha value is -2.85. The van der Waals surface area contributed by atoms with E-state index in [2.05, 4.69) is 23.7 Å². The summed E-state index contributed by atoms with van der Waals surface area (Å²) in [5.74, 6) is -0.730. The molecule has 0 unspecified atom stereocenters. The molecule has 1 N–H and O–H groups in total. The van der Waals surface area contributed by atoms with Crippen LogP contribution < -0.4 is 5.32 Å². The van der Waals surface area contributed by atoms with Crippen LogP contribution in [-0.4, -0.2) is 23.1 Å². The molecule has 0 aromatic carbocycles. The van der Waals surface area contributed by atoms with Crippen molar-refractivity contribution in [3.63, 3.8) is 0 Å². The number of ether oxygens (including phenoxy) is 1. The van der Waals surface area contributed by atoms with E-state index >= 15 is 0 Å². The molecular formula is C21H25N3O3S. The number of aryl methyl sites for hydroxylation is 1. The fourth-order valence-corrected chi connectivity index (χ4v) is 3.42. The summed E-state index contributed by atoms with van der Waals surface area (Å²) in [7, 11) is 0. The van der Waals surface area contributed by atoms with E-state index in [1.807, 2.05) is 43.5 Å². The average Bonchev–Trinajstić information content (AvgIpc) is 3.26. The van der Waals surface area contributed by atoms with Gasteiger partial charge in [-0.25, -0.2) is 4.79 Å². The van der Waals surface area contributed by atoms with Gasteiger partial charge in [-0.1, -0.05) is 19.9 Å². The van der Waals surface area contributed by atoms with Gasteiger partial charge in [0.1, 0.15) is 11.6 Å². The molecule has 0 spiro atoms. The quantitative estimate of drug-likeness (QED) is 0.418. The number of amides is 1. The second kappa shape index (κ2) is 9.90. The van der Waals surface area contributed by atoms with Gasteiger partial charge in [0.05, 0.1) is 6.54 Å². The van der Waals surface area contributed by atoms with E-state index in [1.54, 1.807) is 0 Å². The second-order valence-corrected chi connectivity index (χ2v) is 7.97. The predicted octanol–water partition coefficient (Wildman–Crippen LogP) is 3.59. The van der Waals surface area contributed by atoms with Gasteiger partial charge in [-0.05, 0) is 48.9 Å². The lowest BCUT2D eigenvalue weighted by molar-refractivity contribution is -0.144. The smallest absolute Gasteiger partial charge is 0.349 e. The van der Waals surface area contributed by atoms with Gasteiger partial charge in [-0.2, -0.15) is 5.26 Å². The van der Waals surface area contributed by atoms with Gasteiger partial charge in [0.15, 0.2) is 6.61 Å². The molecule has 1 amide bonds. The predicted molar refractivity (Wildman–Crippen MR) is 109 cm³/mol. The van der Waals surface area contributed by atoms with Crippen LogP contribution in [0.25, 0.3) is 6.08 Å². The number of nitriles is 1. The molecule has 0 aliphatic rings. The highest BCUT2D eigenvalue weighted by Crippen LogP contribution is 2.20. The summed E-state index contributed by atoms with van der Waals surface area (Å²) in [4.78, 5) is 25.0. The first-order valence-corrected chi connectivity index (χ1v) is 9.94. The molecule has 28 heavy (non-hydrogen) atoms. The number of carbonyl (C=O) groups is 2. The van der Waals surface area contributed by atoms with Crippen LogP contribution >= 0.6 is 11.3 Å². The zero-order valence-electron chi connectivity index (χ0n) is 16.6. The zero-order chi connectivity index (χ0) is 20.7. The molecular weight excluding hydrogens is 374 g/mol. The number of nitrogens with zero attached hydrogens (tertiary/aromatic N) is 2. The monoisotopic (exact) mass is 399 g/mol. The molecule has 0 radical (unpaired) electrons. The Morgan fingerprint density at radius 3 is 2.75 bits per heavy atom. The number of rotatable bonds is 8. The minimum absolute atomic E-state index is 0.129. The molecule has 2 aromatic rings. The van der Waals surface area contributed by atoms with Crippen molar-refractivity contribution in [3.05, 3.63) is 51.0 Å². The highest BCUT2D eigenvalue weighted by Gasteiger charge is 2.16. The summed E-state index contributed by atoms with van der Waals surface area (Å²) in [6, 6.07) is 7.62. The Bertz CT molecular complexity index is 902. The van der Waals surface area contributed by atoms with Crippen molar-refractivity contribution in [1.29, 1.82) is 5.26 Å². The van der Waals surface area contributed by atoms with Crippen LogP contribution in [0.4, 0.5) is 0 Å². The minimum atomic E-state index is -0.803. The van der Waals surface area contributed by atoms with Crippen molar-refractivity contribution in [2.45, 2.75) is 40.8 Å². The van der Waals surface area contributed by atoms with Crippen LogP contribution in [0.2, 0.25) is 0 Å². The van der Waals surface area contributed by atoms with Gasteiger partial charge in [0.2, 0.25) is 0 Å². The van der Waals surface area contributed by atoms with E-state index in [0.29, 0.717) is 12.5 Å². The van der Waals surface area contributed by atoms with Gasteiger partial charge in [0.25, 0.3) is 5.91 Å². The lowest BCUT2D eigenvalue weighted by Gasteiger charge is -2.12. The highest BCUT2D eigenvalue weighted by molar-refractivity contribution is 7.09. The van der Waals surface area contributed by atoms with Crippen molar-refractivity contribution < 1.29 is 14.3 Å². The lowest BCUT2D eigenvalue weighted by atomic mass is 10.1. The van der Waals surface area contributed by atoms with Gasteiger partial charge < -0.3 is 14.6 Å². The van der Waals surface area contributed by atoms with Crippen molar-refractivity contribution in [2.75, 3.05) is 6.61 Å². The third-order valence-electron chi connectivity index (χ3n) is 4.17. The number of thiophene rings is 1. The highest BCUT2D eigenvalue weighted by atomic mass is 32.1. The van der Waals surface area contributed by atoms with Crippen LogP contribution in [0.1, 0.15) is 35.7 Å². The van der Waals surface area contributed by atoms with Crippen LogP contribution in [0, 0.1) is 31.1 Å². The molecule has 7 heteroatoms. The lowest BCUT2D eigenvalue weighted by Crippen LogP contribution is -2.28. The van der Waals surface area contributed by atoms with E-state index in [4.69, 9.17) is 4.74 Å². The standard InChI is InChI=1S/C21H25N3O3S/c1-14(2)12-24-15(3)8-17(16(24)4)9-18(10-22)21(26)27-13-20(25)23-11-19-6-5-7-28-19/h5-9,14H,11-13H2,1-4H3,(H,23,25). The minimum Gasteiger partial charge on any atom is -0.451 e. The molecule has 2 heterocycles. The van der Waals surface area contributed by atoms with E-state index in [-0.39, 0.29) is 5.57 Å². The molecule has 0 fully saturated rings. The van der Waals surface area contributed by atoms with Crippen LogP contribution in [0.15, 0.2) is 29.2 Å². The largest absolute Gasteiger partial charge is 0.451 e. The van der Waals surface area contributed by atoms with Gasteiger partial charge >= 0.3 is 5.97 Å². The summed E-state index contributed by atoms with van der Waals surface area (Å²) in [6.07, 6.45) is 1.52. The Balaban J connectivity index is 1.99. The number of esters is 1. The maximum atomic E-state index is 12.2. The van der Waals surface area contributed by atoms with Gasteiger partial charge in [0, 0.05) is 22.8 Å². The number of hydrogen-bond donors (Lipinski definition) is 1. The summed E-state index contributed by atoms with van der Waals surface area (Å²) in [6.45, 7) is 9.05. The summed E-state index contributed by atoms with van der Waals surface area (Å²) in [5.41, 5.74) is 2.72.